The highest BCUT2D eigenvalue weighted by molar-refractivity contribution is 7.98. The number of hydrogen-bond donors (Lipinski definition) is 1. The summed E-state index contributed by atoms with van der Waals surface area (Å²) in [5.41, 5.74) is 6.93. The van der Waals surface area contributed by atoms with E-state index in [1.165, 1.54) is 11.8 Å². The Morgan fingerprint density at radius 3 is 2.71 bits per heavy atom. The fourth-order valence-corrected chi connectivity index (χ4v) is 1.89. The molecule has 0 aliphatic heterocycles. The lowest BCUT2D eigenvalue weighted by atomic mass is 10.1. The predicted molar refractivity (Wildman–Crippen MR) is 62.3 cm³/mol. The average molecular weight is 230 g/mol. The Balaban J connectivity index is 3.14. The second-order valence-corrected chi connectivity index (χ2v) is 4.44. The lowest BCUT2D eigenvalue weighted by Gasteiger charge is -2.08. The first-order valence-corrected chi connectivity index (χ1v) is 5.84. The van der Waals surface area contributed by atoms with E-state index < -0.39 is 5.38 Å². The van der Waals surface area contributed by atoms with Crippen LogP contribution in [0.1, 0.15) is 17.3 Å². The van der Waals surface area contributed by atoms with Crippen molar-refractivity contribution in [1.29, 1.82) is 0 Å². The van der Waals surface area contributed by atoms with Crippen molar-refractivity contribution >= 4 is 34.8 Å². The first kappa shape index (κ1) is 11.4. The van der Waals surface area contributed by atoms with Crippen molar-refractivity contribution in [3.63, 3.8) is 0 Å². The number of nitrogen functional groups attached to an aromatic ring is 1. The molecular weight excluding hydrogens is 218 g/mol. The van der Waals surface area contributed by atoms with Gasteiger partial charge in [0.2, 0.25) is 0 Å². The molecule has 1 aromatic carbocycles. The van der Waals surface area contributed by atoms with E-state index in [-0.39, 0.29) is 5.78 Å². The molecule has 76 valence electrons. The number of nitrogens with two attached hydrogens (primary N) is 1. The summed E-state index contributed by atoms with van der Waals surface area (Å²) in [6, 6.07) is 5.23. The van der Waals surface area contributed by atoms with E-state index in [1.54, 1.807) is 25.1 Å². The standard InChI is InChI=1S/C10H12ClNOS/c1-6(11)10(13)8-4-3-7(12)5-9(8)14-2/h3-6H,12H2,1-2H3. The Morgan fingerprint density at radius 2 is 2.21 bits per heavy atom. The minimum absolute atomic E-state index is 0.0592. The van der Waals surface area contributed by atoms with Crippen LogP contribution in [0.15, 0.2) is 23.1 Å². The summed E-state index contributed by atoms with van der Waals surface area (Å²) in [6.45, 7) is 1.67. The normalized spacial score (nSPS) is 12.5. The van der Waals surface area contributed by atoms with Crippen LogP contribution < -0.4 is 5.73 Å². The van der Waals surface area contributed by atoms with Crippen molar-refractivity contribution in [1.82, 2.24) is 0 Å². The third-order valence-corrected chi connectivity index (χ3v) is 2.83. The molecule has 1 rings (SSSR count). The van der Waals surface area contributed by atoms with E-state index in [2.05, 4.69) is 0 Å². The molecule has 4 heteroatoms. The molecule has 0 aliphatic rings. The fourth-order valence-electron chi connectivity index (χ4n) is 1.13. The largest absolute Gasteiger partial charge is 0.399 e. The van der Waals surface area contributed by atoms with Crippen LogP contribution in [-0.2, 0) is 0 Å². The van der Waals surface area contributed by atoms with E-state index in [1.807, 2.05) is 6.26 Å². The molecule has 0 aromatic heterocycles. The molecule has 0 bridgehead atoms. The van der Waals surface area contributed by atoms with Gasteiger partial charge in [-0.15, -0.1) is 23.4 Å². The highest BCUT2D eigenvalue weighted by atomic mass is 35.5. The topological polar surface area (TPSA) is 43.1 Å². The summed E-state index contributed by atoms with van der Waals surface area (Å²) in [6.07, 6.45) is 1.91. The molecule has 0 aliphatic carbocycles. The number of rotatable bonds is 3. The van der Waals surface area contributed by atoms with Crippen LogP contribution in [0.3, 0.4) is 0 Å². The third-order valence-electron chi connectivity index (χ3n) is 1.85. The number of thioether (sulfide) groups is 1. The van der Waals surface area contributed by atoms with E-state index >= 15 is 0 Å². The Kier molecular flexibility index (Phi) is 3.84. The molecule has 0 spiro atoms. The Labute approximate surface area is 92.8 Å². The van der Waals surface area contributed by atoms with Crippen molar-refractivity contribution < 1.29 is 4.79 Å². The van der Waals surface area contributed by atoms with Crippen LogP contribution in [0.25, 0.3) is 0 Å². The van der Waals surface area contributed by atoms with Crippen LogP contribution in [-0.4, -0.2) is 17.4 Å². The van der Waals surface area contributed by atoms with Gasteiger partial charge in [-0.2, -0.15) is 0 Å². The Morgan fingerprint density at radius 1 is 1.57 bits per heavy atom. The molecule has 14 heavy (non-hydrogen) atoms. The van der Waals surface area contributed by atoms with Gasteiger partial charge in [0, 0.05) is 16.1 Å². The number of benzene rings is 1. The predicted octanol–water partition coefficient (Wildman–Crippen LogP) is 2.80. The quantitative estimate of drug-likeness (QED) is 0.375. The summed E-state index contributed by atoms with van der Waals surface area (Å²) in [7, 11) is 0. The summed E-state index contributed by atoms with van der Waals surface area (Å²) >= 11 is 7.24. The molecule has 2 N–H and O–H groups in total. The maximum Gasteiger partial charge on any atom is 0.181 e. The van der Waals surface area contributed by atoms with Gasteiger partial charge in [0.05, 0.1) is 5.38 Å². The minimum Gasteiger partial charge on any atom is -0.399 e. The molecule has 2 nitrogen and oxygen atoms in total. The van der Waals surface area contributed by atoms with E-state index in [0.717, 1.165) is 4.90 Å². The molecule has 0 heterocycles. The number of Topliss-reactive ketones (excluding diaryl/α,β-unsaturated/α-hetero) is 1. The van der Waals surface area contributed by atoms with E-state index in [0.29, 0.717) is 11.3 Å². The molecule has 0 amide bonds. The molecule has 0 saturated carbocycles. The van der Waals surface area contributed by atoms with E-state index in [4.69, 9.17) is 17.3 Å². The molecule has 1 atom stereocenters. The van der Waals surface area contributed by atoms with Crippen LogP contribution in [0.2, 0.25) is 0 Å². The van der Waals surface area contributed by atoms with Gasteiger partial charge >= 0.3 is 0 Å². The average Bonchev–Trinajstić information content (AvgIpc) is 2.16. The highest BCUT2D eigenvalue weighted by Gasteiger charge is 2.15. The number of hydrogen-bond acceptors (Lipinski definition) is 3. The van der Waals surface area contributed by atoms with E-state index in [9.17, 15) is 4.79 Å². The zero-order chi connectivity index (χ0) is 10.7. The summed E-state index contributed by atoms with van der Waals surface area (Å²) in [4.78, 5) is 12.5. The van der Waals surface area contributed by atoms with Gasteiger partial charge in [-0.05, 0) is 31.4 Å². The maximum atomic E-state index is 11.6. The first-order valence-electron chi connectivity index (χ1n) is 4.18. The van der Waals surface area contributed by atoms with Gasteiger partial charge in [-0.25, -0.2) is 0 Å². The Bertz CT molecular complexity index is 352. The molecular formula is C10H12ClNOS. The second-order valence-electron chi connectivity index (χ2n) is 2.94. The maximum absolute atomic E-state index is 11.6. The van der Waals surface area contributed by atoms with Gasteiger partial charge < -0.3 is 5.73 Å². The summed E-state index contributed by atoms with van der Waals surface area (Å²) in [5.74, 6) is -0.0592. The number of halogens is 1. The number of anilines is 1. The summed E-state index contributed by atoms with van der Waals surface area (Å²) in [5, 5.41) is -0.496. The molecule has 0 fully saturated rings. The van der Waals surface area contributed by atoms with Crippen molar-refractivity contribution in [3.05, 3.63) is 23.8 Å². The van der Waals surface area contributed by atoms with Crippen molar-refractivity contribution in [3.8, 4) is 0 Å². The summed E-state index contributed by atoms with van der Waals surface area (Å²) < 4.78 is 0. The monoisotopic (exact) mass is 229 g/mol. The van der Waals surface area contributed by atoms with Crippen LogP contribution in [0.4, 0.5) is 5.69 Å². The minimum atomic E-state index is -0.496. The van der Waals surface area contributed by atoms with Gasteiger partial charge in [0.15, 0.2) is 5.78 Å². The molecule has 1 aromatic rings. The number of carbonyl (C=O) groups excluding carboxylic acids is 1. The molecule has 0 saturated heterocycles. The molecule has 1 unspecified atom stereocenters. The third kappa shape index (κ3) is 2.42. The van der Waals surface area contributed by atoms with Crippen LogP contribution in [0, 0.1) is 0 Å². The van der Waals surface area contributed by atoms with Crippen molar-refractivity contribution in [2.45, 2.75) is 17.2 Å². The Hall–Kier alpha value is -0.670. The van der Waals surface area contributed by atoms with Gasteiger partial charge in [0.25, 0.3) is 0 Å². The zero-order valence-corrected chi connectivity index (χ0v) is 9.65. The lowest BCUT2D eigenvalue weighted by molar-refractivity contribution is 0.0989. The molecule has 0 radical (unpaired) electrons. The number of ketones is 1. The van der Waals surface area contributed by atoms with Crippen molar-refractivity contribution in [2.24, 2.45) is 0 Å². The number of carbonyl (C=O) groups is 1. The van der Waals surface area contributed by atoms with Gasteiger partial charge in [0.1, 0.15) is 0 Å². The van der Waals surface area contributed by atoms with Crippen LogP contribution >= 0.6 is 23.4 Å². The number of alkyl halides is 1. The lowest BCUT2D eigenvalue weighted by Crippen LogP contribution is -2.11. The smallest absolute Gasteiger partial charge is 0.181 e. The van der Waals surface area contributed by atoms with Crippen LogP contribution in [0.5, 0.6) is 0 Å². The highest BCUT2D eigenvalue weighted by Crippen LogP contribution is 2.24. The fraction of sp³-hybridized carbons (Fsp3) is 0.300. The zero-order valence-electron chi connectivity index (χ0n) is 8.08. The van der Waals surface area contributed by atoms with Gasteiger partial charge in [-0.3, -0.25) is 4.79 Å². The first-order chi connectivity index (χ1) is 6.56. The second kappa shape index (κ2) is 4.71. The SMILES string of the molecule is CSc1cc(N)ccc1C(=O)C(C)Cl. The van der Waals surface area contributed by atoms with Crippen molar-refractivity contribution in [2.75, 3.05) is 12.0 Å². The van der Waals surface area contributed by atoms with Gasteiger partial charge in [-0.1, -0.05) is 0 Å².